The molecule has 0 saturated carbocycles. The van der Waals surface area contributed by atoms with E-state index in [0.29, 0.717) is 40.3 Å². The van der Waals surface area contributed by atoms with Gasteiger partial charge >= 0.3 is 5.97 Å². The Morgan fingerprint density at radius 3 is 2.68 bits per heavy atom. The SMILES string of the molecule is COc1cc([C@@H]2c3cc4c(cc3C[C@H]3COC(=O)[C@@H]32)OCO4)cc2nc3cc(N)ccc3nc12. The van der Waals surface area contributed by atoms with E-state index in [-0.39, 0.29) is 30.5 Å². The van der Waals surface area contributed by atoms with E-state index in [1.165, 1.54) is 0 Å². The minimum atomic E-state index is -0.293. The van der Waals surface area contributed by atoms with Crippen molar-refractivity contribution in [2.75, 3.05) is 26.2 Å². The maximum atomic E-state index is 12.9. The molecule has 2 aliphatic heterocycles. The van der Waals surface area contributed by atoms with E-state index < -0.39 is 0 Å². The number of anilines is 1. The lowest BCUT2D eigenvalue weighted by Gasteiger charge is -2.33. The molecule has 1 fully saturated rings. The summed E-state index contributed by atoms with van der Waals surface area (Å²) >= 11 is 0. The number of esters is 1. The van der Waals surface area contributed by atoms with E-state index in [1.54, 1.807) is 13.2 Å². The molecule has 0 amide bonds. The number of cyclic esters (lactones) is 1. The lowest BCUT2D eigenvalue weighted by molar-refractivity contribution is -0.141. The Kier molecular flexibility index (Phi) is 3.97. The molecule has 0 unspecified atom stereocenters. The van der Waals surface area contributed by atoms with Gasteiger partial charge in [0.25, 0.3) is 0 Å². The number of hydrogen-bond donors (Lipinski definition) is 1. The number of rotatable bonds is 2. The monoisotopic (exact) mass is 455 g/mol. The van der Waals surface area contributed by atoms with Gasteiger partial charge in [-0.15, -0.1) is 0 Å². The highest BCUT2D eigenvalue weighted by molar-refractivity contribution is 5.91. The summed E-state index contributed by atoms with van der Waals surface area (Å²) < 4.78 is 22.5. The number of methoxy groups -OCH3 is 1. The van der Waals surface area contributed by atoms with Crippen LogP contribution in [-0.4, -0.2) is 36.4 Å². The van der Waals surface area contributed by atoms with Crippen molar-refractivity contribution in [3.8, 4) is 17.2 Å². The molecule has 7 rings (SSSR count). The molecule has 3 atom stereocenters. The van der Waals surface area contributed by atoms with Crippen LogP contribution in [0.3, 0.4) is 0 Å². The van der Waals surface area contributed by atoms with Crippen molar-refractivity contribution in [2.45, 2.75) is 12.3 Å². The second-order valence-corrected chi connectivity index (χ2v) is 9.06. The molecule has 3 heterocycles. The molecule has 0 radical (unpaired) electrons. The molecule has 1 aliphatic carbocycles. The van der Waals surface area contributed by atoms with Gasteiger partial charge in [-0.25, -0.2) is 9.97 Å². The number of fused-ring (bicyclic) bond motifs is 5. The molecule has 8 nitrogen and oxygen atoms in total. The number of benzene rings is 3. The second kappa shape index (κ2) is 6.96. The zero-order chi connectivity index (χ0) is 23.0. The standard InChI is InChI=1S/C26H21N3O5/c1-31-22-7-13(5-19-25(22)29-17-3-2-15(27)8-18(17)28-19)23-16-9-21-20(33-11-34-21)6-12(16)4-14-10-32-26(30)24(14)23/h2-3,5-9,14,23-24H,4,10-11,27H2,1H3/t14-,23+,24-/m0/s1. The van der Waals surface area contributed by atoms with Crippen LogP contribution in [0.4, 0.5) is 5.69 Å². The molecule has 4 aromatic rings. The Labute approximate surface area is 194 Å². The zero-order valence-corrected chi connectivity index (χ0v) is 18.4. The molecule has 1 aromatic heterocycles. The predicted molar refractivity (Wildman–Crippen MR) is 124 cm³/mol. The van der Waals surface area contributed by atoms with Crippen molar-refractivity contribution in [2.24, 2.45) is 11.8 Å². The number of nitrogens with two attached hydrogens (primary N) is 1. The Morgan fingerprint density at radius 2 is 1.82 bits per heavy atom. The lowest BCUT2D eigenvalue weighted by Crippen LogP contribution is -2.31. The minimum Gasteiger partial charge on any atom is -0.494 e. The summed E-state index contributed by atoms with van der Waals surface area (Å²) in [5.41, 5.74) is 12.5. The van der Waals surface area contributed by atoms with Gasteiger partial charge in [0, 0.05) is 17.5 Å². The van der Waals surface area contributed by atoms with Gasteiger partial charge in [-0.3, -0.25) is 4.79 Å². The normalized spacial score (nSPS) is 22.5. The smallest absolute Gasteiger partial charge is 0.310 e. The second-order valence-electron chi connectivity index (χ2n) is 9.06. The van der Waals surface area contributed by atoms with Gasteiger partial charge in [0.2, 0.25) is 6.79 Å². The Morgan fingerprint density at radius 1 is 0.971 bits per heavy atom. The van der Waals surface area contributed by atoms with Gasteiger partial charge in [-0.05, 0) is 65.6 Å². The summed E-state index contributed by atoms with van der Waals surface area (Å²) in [4.78, 5) is 22.5. The lowest BCUT2D eigenvalue weighted by atomic mass is 9.67. The van der Waals surface area contributed by atoms with E-state index in [0.717, 1.165) is 34.4 Å². The van der Waals surface area contributed by atoms with Crippen molar-refractivity contribution in [1.29, 1.82) is 0 Å². The maximum absolute atomic E-state index is 12.9. The van der Waals surface area contributed by atoms with Gasteiger partial charge in [0.15, 0.2) is 11.5 Å². The van der Waals surface area contributed by atoms with Crippen LogP contribution in [-0.2, 0) is 16.0 Å². The van der Waals surface area contributed by atoms with Crippen molar-refractivity contribution in [3.63, 3.8) is 0 Å². The molecular formula is C26H21N3O5. The van der Waals surface area contributed by atoms with Gasteiger partial charge in [-0.1, -0.05) is 0 Å². The third-order valence-corrected chi connectivity index (χ3v) is 7.16. The number of nitrogens with zero attached hydrogens (tertiary/aromatic N) is 2. The van der Waals surface area contributed by atoms with Crippen LogP contribution in [0.5, 0.6) is 17.2 Å². The summed E-state index contributed by atoms with van der Waals surface area (Å²) in [7, 11) is 1.62. The number of ether oxygens (including phenoxy) is 4. The molecule has 0 spiro atoms. The molecule has 1 saturated heterocycles. The average molecular weight is 455 g/mol. The first-order chi connectivity index (χ1) is 16.6. The molecule has 3 aliphatic rings. The fraction of sp³-hybridized carbons (Fsp3) is 0.269. The fourth-order valence-electron chi connectivity index (χ4n) is 5.63. The first kappa shape index (κ1) is 19.4. The van der Waals surface area contributed by atoms with E-state index in [9.17, 15) is 4.79 Å². The van der Waals surface area contributed by atoms with Crippen LogP contribution < -0.4 is 19.9 Å². The molecular weight excluding hydrogens is 434 g/mol. The first-order valence-corrected chi connectivity index (χ1v) is 11.2. The van der Waals surface area contributed by atoms with Crippen LogP contribution in [0.15, 0.2) is 42.5 Å². The van der Waals surface area contributed by atoms with Crippen LogP contribution in [0, 0.1) is 11.8 Å². The van der Waals surface area contributed by atoms with Crippen LogP contribution in [0.25, 0.3) is 22.1 Å². The zero-order valence-electron chi connectivity index (χ0n) is 18.4. The van der Waals surface area contributed by atoms with Gasteiger partial charge in [-0.2, -0.15) is 0 Å². The Balaban J connectivity index is 1.47. The summed E-state index contributed by atoms with van der Waals surface area (Å²) in [5.74, 6) is 1.45. The van der Waals surface area contributed by atoms with Crippen molar-refractivity contribution in [1.82, 2.24) is 9.97 Å². The topological polar surface area (TPSA) is 106 Å². The van der Waals surface area contributed by atoms with Gasteiger partial charge < -0.3 is 24.7 Å². The number of nitrogen functional groups attached to an aromatic ring is 1. The highest BCUT2D eigenvalue weighted by Crippen LogP contribution is 2.51. The van der Waals surface area contributed by atoms with E-state index >= 15 is 0 Å². The molecule has 8 heteroatoms. The van der Waals surface area contributed by atoms with Crippen molar-refractivity contribution >= 4 is 33.7 Å². The number of aromatic nitrogens is 2. The summed E-state index contributed by atoms with van der Waals surface area (Å²) in [6, 6.07) is 13.5. The molecule has 0 bridgehead atoms. The first-order valence-electron chi connectivity index (χ1n) is 11.2. The van der Waals surface area contributed by atoms with Gasteiger partial charge in [0.05, 0.1) is 36.2 Å². The van der Waals surface area contributed by atoms with Crippen molar-refractivity contribution < 1.29 is 23.7 Å². The number of hydrogen-bond acceptors (Lipinski definition) is 8. The molecule has 170 valence electrons. The minimum absolute atomic E-state index is 0.0922. The quantitative estimate of drug-likeness (QED) is 0.278. The van der Waals surface area contributed by atoms with Crippen LogP contribution >= 0.6 is 0 Å². The number of carbonyl (C=O) groups excluding carboxylic acids is 1. The average Bonchev–Trinajstić information content (AvgIpc) is 3.45. The third-order valence-electron chi connectivity index (χ3n) is 7.16. The molecule has 34 heavy (non-hydrogen) atoms. The largest absolute Gasteiger partial charge is 0.494 e. The van der Waals surface area contributed by atoms with Crippen molar-refractivity contribution in [3.05, 3.63) is 59.2 Å². The van der Waals surface area contributed by atoms with E-state index in [4.69, 9.17) is 34.6 Å². The molecule has 3 aromatic carbocycles. The Hall–Kier alpha value is -4.07. The number of carbonyl (C=O) groups is 1. The third kappa shape index (κ3) is 2.74. The highest BCUT2D eigenvalue weighted by atomic mass is 16.7. The maximum Gasteiger partial charge on any atom is 0.310 e. The van der Waals surface area contributed by atoms with Gasteiger partial charge in [0.1, 0.15) is 11.3 Å². The van der Waals surface area contributed by atoms with E-state index in [1.807, 2.05) is 36.4 Å². The highest BCUT2D eigenvalue weighted by Gasteiger charge is 2.48. The van der Waals surface area contributed by atoms with Crippen LogP contribution in [0.1, 0.15) is 22.6 Å². The predicted octanol–water partition coefficient (Wildman–Crippen LogP) is 3.58. The van der Waals surface area contributed by atoms with Crippen LogP contribution in [0.2, 0.25) is 0 Å². The summed E-state index contributed by atoms with van der Waals surface area (Å²) in [5, 5.41) is 0. The van der Waals surface area contributed by atoms with E-state index in [2.05, 4.69) is 0 Å². The Bertz CT molecular complexity index is 1520. The summed E-state index contributed by atoms with van der Waals surface area (Å²) in [6.07, 6.45) is 0.757. The fourth-order valence-corrected chi connectivity index (χ4v) is 5.63. The summed E-state index contributed by atoms with van der Waals surface area (Å²) in [6.45, 7) is 0.621. The molecule has 2 N–H and O–H groups in total.